The van der Waals surface area contributed by atoms with Crippen LogP contribution in [-0.2, 0) is 0 Å². The highest BCUT2D eigenvalue weighted by atomic mass is 79.9. The van der Waals surface area contributed by atoms with E-state index in [9.17, 15) is 0 Å². The summed E-state index contributed by atoms with van der Waals surface area (Å²) in [4.78, 5) is 7.12. The Kier molecular flexibility index (Phi) is 3.16. The van der Waals surface area contributed by atoms with Crippen LogP contribution in [0.3, 0.4) is 0 Å². The van der Waals surface area contributed by atoms with Crippen LogP contribution in [0.4, 0.5) is 11.6 Å². The lowest BCUT2D eigenvalue weighted by Crippen LogP contribution is -2.36. The zero-order valence-corrected chi connectivity index (χ0v) is 14.6. The second-order valence-electron chi connectivity index (χ2n) is 5.53. The molecule has 0 amide bonds. The summed E-state index contributed by atoms with van der Waals surface area (Å²) < 4.78 is 4.24. The molecule has 0 saturated heterocycles. The molecule has 0 spiro atoms. The Labute approximate surface area is 142 Å². The number of hydrogen-bond acceptors (Lipinski definition) is 2. The van der Waals surface area contributed by atoms with Crippen molar-refractivity contribution in [2.24, 2.45) is 0 Å². The summed E-state index contributed by atoms with van der Waals surface area (Å²) in [5.74, 6) is 1.90. The predicted molar refractivity (Wildman–Crippen MR) is 91.3 cm³/mol. The first-order valence-electron chi connectivity index (χ1n) is 7.14. The molecule has 22 heavy (non-hydrogen) atoms. The van der Waals surface area contributed by atoms with Gasteiger partial charge in [0.25, 0.3) is 11.6 Å². The highest BCUT2D eigenvalue weighted by Gasteiger charge is 2.39. The number of nitrogens with zero attached hydrogens (tertiary/aromatic N) is 4. The van der Waals surface area contributed by atoms with Crippen molar-refractivity contribution in [1.82, 2.24) is 9.38 Å². The smallest absolute Gasteiger partial charge is 0.284 e. The van der Waals surface area contributed by atoms with Crippen molar-refractivity contribution in [3.63, 3.8) is 0 Å². The van der Waals surface area contributed by atoms with Crippen LogP contribution in [0, 0.1) is 13.8 Å². The van der Waals surface area contributed by atoms with Gasteiger partial charge in [-0.25, -0.2) is 9.47 Å². The van der Waals surface area contributed by atoms with Crippen LogP contribution >= 0.6 is 27.5 Å². The van der Waals surface area contributed by atoms with Gasteiger partial charge in [0.1, 0.15) is 17.9 Å². The van der Waals surface area contributed by atoms with Crippen molar-refractivity contribution in [1.29, 1.82) is 0 Å². The van der Waals surface area contributed by atoms with Crippen molar-refractivity contribution in [2.45, 2.75) is 18.8 Å². The minimum atomic E-state index is 0.214. The highest BCUT2D eigenvalue weighted by Crippen LogP contribution is 2.36. The van der Waals surface area contributed by atoms with E-state index in [1.165, 1.54) is 5.69 Å². The molecular weight excluding hydrogens is 364 g/mol. The summed E-state index contributed by atoms with van der Waals surface area (Å²) in [7, 11) is 0. The number of hydrogen-bond donors (Lipinski definition) is 0. The lowest BCUT2D eigenvalue weighted by atomic mass is 10.3. The predicted octanol–water partition coefficient (Wildman–Crippen LogP) is 3.94. The van der Waals surface area contributed by atoms with Crippen molar-refractivity contribution >= 4 is 44.8 Å². The molecule has 6 heteroatoms. The Balaban J connectivity index is 1.94. The van der Waals surface area contributed by atoms with E-state index < -0.39 is 0 Å². The molecule has 0 fully saturated rings. The van der Waals surface area contributed by atoms with Crippen LogP contribution in [0.2, 0.25) is 5.15 Å². The Morgan fingerprint density at radius 2 is 2.00 bits per heavy atom. The van der Waals surface area contributed by atoms with Crippen molar-refractivity contribution in [3.05, 3.63) is 52.9 Å². The van der Waals surface area contributed by atoms with E-state index in [4.69, 9.17) is 16.6 Å². The van der Waals surface area contributed by atoms with E-state index in [1.54, 1.807) is 0 Å². The van der Waals surface area contributed by atoms with E-state index in [-0.39, 0.29) is 4.95 Å². The highest BCUT2D eigenvalue weighted by molar-refractivity contribution is 9.09. The Morgan fingerprint density at radius 1 is 1.23 bits per heavy atom. The van der Waals surface area contributed by atoms with Crippen molar-refractivity contribution in [2.75, 3.05) is 11.4 Å². The maximum atomic E-state index is 6.63. The lowest BCUT2D eigenvalue weighted by Gasteiger charge is -2.07. The summed E-state index contributed by atoms with van der Waals surface area (Å²) in [6, 6.07) is 12.3. The molecule has 0 aromatic carbocycles. The Morgan fingerprint density at radius 3 is 2.77 bits per heavy atom. The first kappa shape index (κ1) is 14.0. The van der Waals surface area contributed by atoms with Gasteiger partial charge in [0.2, 0.25) is 0 Å². The quantitative estimate of drug-likeness (QED) is 0.473. The molecule has 0 N–H and O–H groups in total. The van der Waals surface area contributed by atoms with Crippen molar-refractivity contribution in [3.8, 4) is 0 Å². The van der Waals surface area contributed by atoms with Gasteiger partial charge in [-0.05, 0) is 48.0 Å². The van der Waals surface area contributed by atoms with Crippen LogP contribution in [0.15, 0.2) is 36.4 Å². The normalized spacial score (nSPS) is 17.3. The van der Waals surface area contributed by atoms with Crippen LogP contribution < -0.4 is 9.47 Å². The summed E-state index contributed by atoms with van der Waals surface area (Å²) in [6.07, 6.45) is 0. The Hall–Kier alpha value is -1.59. The molecule has 0 saturated carbocycles. The molecule has 4 rings (SSSR count). The first-order valence-corrected chi connectivity index (χ1v) is 8.43. The zero-order valence-electron chi connectivity index (χ0n) is 12.3. The number of aryl methyl sites for hydroxylation is 2. The topological polar surface area (TPSA) is 24.4 Å². The zero-order chi connectivity index (χ0) is 15.4. The van der Waals surface area contributed by atoms with Gasteiger partial charge in [-0.3, -0.25) is 4.40 Å². The van der Waals surface area contributed by atoms with E-state index >= 15 is 0 Å². The fourth-order valence-electron chi connectivity index (χ4n) is 3.09. The molecule has 1 aliphatic rings. The largest absolute Gasteiger partial charge is 0.284 e. The SMILES string of the molecule is Cc1cccc2nc(N3CC(Br)[n+]4c(C)cccc43)c(Cl)n12. The van der Waals surface area contributed by atoms with Gasteiger partial charge in [-0.1, -0.05) is 23.7 Å². The lowest BCUT2D eigenvalue weighted by molar-refractivity contribution is -0.677. The van der Waals surface area contributed by atoms with Crippen LogP contribution in [-0.4, -0.2) is 15.9 Å². The summed E-state index contributed by atoms with van der Waals surface area (Å²) in [6.45, 7) is 4.94. The van der Waals surface area contributed by atoms with Crippen LogP contribution in [0.5, 0.6) is 0 Å². The third-order valence-corrected chi connectivity index (χ3v) is 5.16. The fraction of sp³-hybridized carbons (Fsp3) is 0.250. The second-order valence-corrected chi connectivity index (χ2v) is 6.94. The van der Waals surface area contributed by atoms with Gasteiger partial charge in [-0.15, -0.1) is 0 Å². The number of rotatable bonds is 1. The average Bonchev–Trinajstić information content (AvgIpc) is 2.99. The summed E-state index contributed by atoms with van der Waals surface area (Å²) >= 11 is 10.4. The number of fused-ring (bicyclic) bond motifs is 2. The molecule has 4 heterocycles. The molecule has 1 aliphatic heterocycles. The number of halogens is 2. The maximum Gasteiger partial charge on any atom is 0.284 e. The van der Waals surface area contributed by atoms with E-state index in [0.29, 0.717) is 5.15 Å². The average molecular weight is 379 g/mol. The third-order valence-electron chi connectivity index (χ3n) is 4.12. The monoisotopic (exact) mass is 377 g/mol. The number of anilines is 2. The van der Waals surface area contributed by atoms with Gasteiger partial charge in [0, 0.05) is 11.8 Å². The molecule has 1 unspecified atom stereocenters. The standard InChI is InChI=1S/C16H15BrClN4/c1-10-6-4-8-14-20(9-12(17)21(10)14)16-15(18)22-11(2)5-3-7-13(22)19-16/h3-8,12H,9H2,1-2H3/q+1. The number of pyridine rings is 2. The number of alkyl halides is 1. The molecule has 0 radical (unpaired) electrons. The molecule has 112 valence electrons. The van der Waals surface area contributed by atoms with Gasteiger partial charge in [-0.2, -0.15) is 4.98 Å². The molecule has 4 nitrogen and oxygen atoms in total. The van der Waals surface area contributed by atoms with Gasteiger partial charge < -0.3 is 0 Å². The van der Waals surface area contributed by atoms with E-state index in [2.05, 4.69) is 50.5 Å². The first-order chi connectivity index (χ1) is 10.6. The van der Waals surface area contributed by atoms with Gasteiger partial charge in [0.15, 0.2) is 10.1 Å². The van der Waals surface area contributed by atoms with Crippen LogP contribution in [0.1, 0.15) is 16.3 Å². The number of imidazole rings is 1. The minimum Gasteiger partial charge on any atom is -0.284 e. The van der Waals surface area contributed by atoms with Crippen molar-refractivity contribution < 1.29 is 4.57 Å². The Bertz CT molecular complexity index is 889. The molecular formula is C16H15BrClN4+. The fourth-order valence-corrected chi connectivity index (χ4v) is 4.28. The maximum absolute atomic E-state index is 6.63. The van der Waals surface area contributed by atoms with Gasteiger partial charge in [0.05, 0.1) is 0 Å². The number of aromatic nitrogens is 3. The second kappa shape index (κ2) is 4.96. The molecule has 0 aliphatic carbocycles. The van der Waals surface area contributed by atoms with Gasteiger partial charge >= 0.3 is 0 Å². The summed E-state index contributed by atoms with van der Waals surface area (Å²) in [5.41, 5.74) is 3.16. The van der Waals surface area contributed by atoms with E-state index in [1.807, 2.05) is 29.5 Å². The molecule has 0 bridgehead atoms. The summed E-state index contributed by atoms with van der Waals surface area (Å²) in [5, 5.41) is 0.655. The molecule has 1 atom stereocenters. The third kappa shape index (κ3) is 1.88. The van der Waals surface area contributed by atoms with E-state index in [0.717, 1.165) is 29.5 Å². The molecule has 3 aromatic heterocycles. The minimum absolute atomic E-state index is 0.214. The van der Waals surface area contributed by atoms with Crippen LogP contribution in [0.25, 0.3) is 5.65 Å². The molecule has 3 aromatic rings.